The van der Waals surface area contributed by atoms with Gasteiger partial charge in [0.1, 0.15) is 6.54 Å². The van der Waals surface area contributed by atoms with Crippen molar-refractivity contribution in [2.24, 2.45) is 0 Å². The summed E-state index contributed by atoms with van der Waals surface area (Å²) in [6.45, 7) is 0.354. The number of rotatable bonds is 3. The molecule has 1 aliphatic rings. The molecule has 106 valence electrons. The molecule has 0 saturated heterocycles. The molecule has 0 aliphatic heterocycles. The highest BCUT2D eigenvalue weighted by molar-refractivity contribution is 5.83. The maximum atomic E-state index is 12.1. The summed E-state index contributed by atoms with van der Waals surface area (Å²) in [5.41, 5.74) is 1.08. The maximum Gasteiger partial charge on any atom is 0.240 e. The average molecular weight is 272 g/mol. The van der Waals surface area contributed by atoms with Crippen LogP contribution in [-0.4, -0.2) is 27.7 Å². The summed E-state index contributed by atoms with van der Waals surface area (Å²) in [4.78, 5) is 12.1. The molecular weight excluding hydrogens is 252 g/mol. The van der Waals surface area contributed by atoms with Gasteiger partial charge in [-0.3, -0.25) is 4.79 Å². The van der Waals surface area contributed by atoms with Crippen molar-refractivity contribution in [1.82, 2.24) is 9.88 Å². The number of nitrogens with zero attached hydrogens (tertiary/aromatic N) is 1. The van der Waals surface area contributed by atoms with Gasteiger partial charge in [0.25, 0.3) is 0 Å². The van der Waals surface area contributed by atoms with Crippen LogP contribution in [0.2, 0.25) is 0 Å². The van der Waals surface area contributed by atoms with Gasteiger partial charge in [-0.1, -0.05) is 18.2 Å². The van der Waals surface area contributed by atoms with Crippen molar-refractivity contribution in [2.45, 2.75) is 44.4 Å². The third kappa shape index (κ3) is 2.85. The van der Waals surface area contributed by atoms with Crippen LogP contribution < -0.4 is 5.32 Å². The van der Waals surface area contributed by atoms with E-state index in [1.165, 1.54) is 0 Å². The van der Waals surface area contributed by atoms with Crippen LogP contribution in [0.15, 0.2) is 36.5 Å². The van der Waals surface area contributed by atoms with Crippen molar-refractivity contribution >= 4 is 16.8 Å². The second-order valence-electron chi connectivity index (χ2n) is 5.58. The Kier molecular flexibility index (Phi) is 3.74. The Morgan fingerprint density at radius 2 is 1.95 bits per heavy atom. The Bertz CT molecular complexity index is 597. The van der Waals surface area contributed by atoms with Gasteiger partial charge in [0.15, 0.2) is 0 Å². The lowest BCUT2D eigenvalue weighted by atomic mass is 9.93. The molecule has 20 heavy (non-hydrogen) atoms. The van der Waals surface area contributed by atoms with Crippen LogP contribution in [0.25, 0.3) is 10.9 Å². The molecule has 1 saturated carbocycles. The van der Waals surface area contributed by atoms with E-state index in [0.717, 1.165) is 36.6 Å². The van der Waals surface area contributed by atoms with Gasteiger partial charge in [-0.15, -0.1) is 0 Å². The van der Waals surface area contributed by atoms with Crippen LogP contribution in [0.3, 0.4) is 0 Å². The van der Waals surface area contributed by atoms with E-state index in [1.54, 1.807) is 0 Å². The summed E-state index contributed by atoms with van der Waals surface area (Å²) in [5, 5.41) is 13.7. The van der Waals surface area contributed by atoms with E-state index in [2.05, 4.69) is 5.32 Å². The second kappa shape index (κ2) is 5.67. The first-order valence-corrected chi connectivity index (χ1v) is 7.23. The molecule has 1 heterocycles. The second-order valence-corrected chi connectivity index (χ2v) is 5.58. The summed E-state index contributed by atoms with van der Waals surface area (Å²) >= 11 is 0. The van der Waals surface area contributed by atoms with Gasteiger partial charge in [0, 0.05) is 17.8 Å². The Labute approximate surface area is 118 Å². The number of amides is 1. The first-order valence-electron chi connectivity index (χ1n) is 7.23. The Balaban J connectivity index is 1.61. The van der Waals surface area contributed by atoms with E-state index in [0.29, 0.717) is 6.54 Å². The fourth-order valence-electron chi connectivity index (χ4n) is 2.93. The number of benzene rings is 1. The highest BCUT2D eigenvalue weighted by Gasteiger charge is 2.20. The minimum Gasteiger partial charge on any atom is -0.393 e. The standard InChI is InChI=1S/C16H20N2O2/c19-14-7-5-13(6-8-14)17-16(20)11-18-10-9-12-3-1-2-4-15(12)18/h1-4,9-10,13-14,19H,5-8,11H2,(H,17,20). The molecule has 0 spiro atoms. The van der Waals surface area contributed by atoms with E-state index < -0.39 is 0 Å². The fraction of sp³-hybridized carbons (Fsp3) is 0.438. The summed E-state index contributed by atoms with van der Waals surface area (Å²) < 4.78 is 1.97. The van der Waals surface area contributed by atoms with E-state index in [1.807, 2.05) is 41.1 Å². The zero-order valence-electron chi connectivity index (χ0n) is 11.5. The Morgan fingerprint density at radius 1 is 1.20 bits per heavy atom. The molecule has 1 aromatic heterocycles. The van der Waals surface area contributed by atoms with Crippen LogP contribution in [0, 0.1) is 0 Å². The number of nitrogens with one attached hydrogen (secondary N) is 1. The topological polar surface area (TPSA) is 54.3 Å². The van der Waals surface area contributed by atoms with Crippen molar-refractivity contribution in [2.75, 3.05) is 0 Å². The highest BCUT2D eigenvalue weighted by Crippen LogP contribution is 2.19. The quantitative estimate of drug-likeness (QED) is 0.898. The van der Waals surface area contributed by atoms with Crippen molar-refractivity contribution in [1.29, 1.82) is 0 Å². The zero-order chi connectivity index (χ0) is 13.9. The monoisotopic (exact) mass is 272 g/mol. The lowest BCUT2D eigenvalue weighted by Crippen LogP contribution is -2.40. The number of para-hydroxylation sites is 1. The van der Waals surface area contributed by atoms with Gasteiger partial charge >= 0.3 is 0 Å². The lowest BCUT2D eigenvalue weighted by molar-refractivity contribution is -0.122. The third-order valence-electron chi connectivity index (χ3n) is 4.06. The van der Waals surface area contributed by atoms with E-state index >= 15 is 0 Å². The first kappa shape index (κ1) is 13.2. The van der Waals surface area contributed by atoms with E-state index in [9.17, 15) is 9.90 Å². The summed E-state index contributed by atoms with van der Waals surface area (Å²) in [5.74, 6) is 0.0488. The predicted octanol–water partition coefficient (Wildman–Crippen LogP) is 2.06. The number of fused-ring (bicyclic) bond motifs is 1. The number of aliphatic hydroxyl groups excluding tert-OH is 1. The molecular formula is C16H20N2O2. The number of aliphatic hydroxyl groups is 1. The molecule has 1 aromatic carbocycles. The smallest absolute Gasteiger partial charge is 0.240 e. The van der Waals surface area contributed by atoms with Crippen LogP contribution in [0.1, 0.15) is 25.7 Å². The number of aromatic nitrogens is 1. The Morgan fingerprint density at radius 3 is 2.75 bits per heavy atom. The van der Waals surface area contributed by atoms with Gasteiger partial charge in [-0.2, -0.15) is 0 Å². The van der Waals surface area contributed by atoms with Gasteiger partial charge in [-0.05, 0) is 43.2 Å². The van der Waals surface area contributed by atoms with Crippen LogP contribution in [0.5, 0.6) is 0 Å². The minimum absolute atomic E-state index is 0.0488. The van der Waals surface area contributed by atoms with Crippen LogP contribution in [0.4, 0.5) is 0 Å². The predicted molar refractivity (Wildman–Crippen MR) is 78.3 cm³/mol. The molecule has 0 atom stereocenters. The number of carbonyl (C=O) groups excluding carboxylic acids is 1. The van der Waals surface area contributed by atoms with Gasteiger partial charge in [0.05, 0.1) is 6.10 Å². The van der Waals surface area contributed by atoms with E-state index in [-0.39, 0.29) is 18.1 Å². The molecule has 1 amide bonds. The molecule has 0 radical (unpaired) electrons. The van der Waals surface area contributed by atoms with Crippen LogP contribution in [-0.2, 0) is 11.3 Å². The van der Waals surface area contributed by atoms with E-state index in [4.69, 9.17) is 0 Å². The normalized spacial score (nSPS) is 22.9. The molecule has 2 aromatic rings. The summed E-state index contributed by atoms with van der Waals surface area (Å²) in [6, 6.07) is 10.3. The minimum atomic E-state index is -0.184. The van der Waals surface area contributed by atoms with Gasteiger partial charge in [0.2, 0.25) is 5.91 Å². The molecule has 0 bridgehead atoms. The van der Waals surface area contributed by atoms with Crippen molar-refractivity contribution < 1.29 is 9.90 Å². The lowest BCUT2D eigenvalue weighted by Gasteiger charge is -2.26. The largest absolute Gasteiger partial charge is 0.393 e. The van der Waals surface area contributed by atoms with Gasteiger partial charge in [-0.25, -0.2) is 0 Å². The molecule has 4 heteroatoms. The van der Waals surface area contributed by atoms with Gasteiger partial charge < -0.3 is 15.0 Å². The first-order chi connectivity index (χ1) is 9.72. The third-order valence-corrected chi connectivity index (χ3v) is 4.06. The Hall–Kier alpha value is -1.81. The highest BCUT2D eigenvalue weighted by atomic mass is 16.3. The fourth-order valence-corrected chi connectivity index (χ4v) is 2.93. The number of carbonyl (C=O) groups is 1. The molecule has 3 rings (SSSR count). The van der Waals surface area contributed by atoms with Crippen molar-refractivity contribution in [3.05, 3.63) is 36.5 Å². The molecule has 4 nitrogen and oxygen atoms in total. The maximum absolute atomic E-state index is 12.1. The molecule has 0 unspecified atom stereocenters. The summed E-state index contributed by atoms with van der Waals surface area (Å²) in [6.07, 6.45) is 5.10. The molecule has 2 N–H and O–H groups in total. The van der Waals surface area contributed by atoms with Crippen molar-refractivity contribution in [3.8, 4) is 0 Å². The van der Waals surface area contributed by atoms with Crippen LogP contribution >= 0.6 is 0 Å². The number of hydrogen-bond acceptors (Lipinski definition) is 2. The molecule has 1 fully saturated rings. The number of hydrogen-bond donors (Lipinski definition) is 2. The summed E-state index contributed by atoms with van der Waals surface area (Å²) in [7, 11) is 0. The van der Waals surface area contributed by atoms with Crippen molar-refractivity contribution in [3.63, 3.8) is 0 Å². The molecule has 1 aliphatic carbocycles. The zero-order valence-corrected chi connectivity index (χ0v) is 11.5. The average Bonchev–Trinajstić information content (AvgIpc) is 2.85. The SMILES string of the molecule is O=C(Cn1ccc2ccccc21)NC1CCC(O)CC1.